The van der Waals surface area contributed by atoms with Gasteiger partial charge in [0.25, 0.3) is 5.91 Å². The quantitative estimate of drug-likeness (QED) is 0.244. The number of ether oxygens (including phenoxy) is 1. The zero-order valence-electron chi connectivity index (χ0n) is 27.1. The summed E-state index contributed by atoms with van der Waals surface area (Å²) < 4.78 is 41.2. The number of primary amides is 1. The average molecular weight is 688 g/mol. The van der Waals surface area contributed by atoms with Crippen LogP contribution in [0.2, 0.25) is 0 Å². The fraction of sp³-hybridized carbons (Fsp3) is 0.412. The first-order chi connectivity index (χ1) is 22.8. The van der Waals surface area contributed by atoms with Crippen LogP contribution in [0.3, 0.4) is 0 Å². The molecule has 0 heterocycles. The van der Waals surface area contributed by atoms with Crippen LogP contribution in [0.25, 0.3) is 5.76 Å². The predicted octanol–water partition coefficient (Wildman–Crippen LogP) is 2.67. The monoisotopic (exact) mass is 687 g/mol. The maximum atomic E-state index is 14.1. The van der Waals surface area contributed by atoms with E-state index in [1.807, 2.05) is 0 Å². The van der Waals surface area contributed by atoms with Gasteiger partial charge in [-0.3, -0.25) is 24.1 Å². The minimum absolute atomic E-state index is 0.00181. The van der Waals surface area contributed by atoms with Crippen molar-refractivity contribution in [2.75, 3.05) is 33.1 Å². The highest BCUT2D eigenvalue weighted by atomic mass is 19.4. The van der Waals surface area contributed by atoms with Gasteiger partial charge in [0.1, 0.15) is 34.4 Å². The van der Waals surface area contributed by atoms with Crippen LogP contribution in [0.4, 0.5) is 18.9 Å². The Bertz CT molecular complexity index is 1820. The number of nitrogens with zero attached hydrogens (tertiary/aromatic N) is 2. The number of ketones is 3. The van der Waals surface area contributed by atoms with Crippen molar-refractivity contribution in [1.82, 2.24) is 4.90 Å². The third-order valence-electron chi connectivity index (χ3n) is 9.49. The number of nitrogens with two attached hydrogens (primary N) is 1. The number of benzene rings is 2. The van der Waals surface area contributed by atoms with Crippen LogP contribution in [0.5, 0.6) is 11.5 Å². The molecule has 0 radical (unpaired) electrons. The standard InChI is InChI=1S/C34H36F3N3O9/c1-39(2)22-14-16(7-8-18(41)11-15-5-9-19(10-6-15)49-34(35,36)37)27(42)24-20(22)12-17-13-21-26(40(3)4)29(44)25(32(38)47)31(46)33(21,48)30(45)23(17)28(24)43/h5-6,9-10,14,17,21,26,42-43,46,48H,7-8,11-13H2,1-4H3,(H2,38,47)/t17-,21-,26-,33-/m0/s1. The number of likely N-dealkylation sites (N-methyl/N-ethyl adjacent to an activating group) is 1. The highest BCUT2D eigenvalue weighted by Crippen LogP contribution is 2.54. The van der Waals surface area contributed by atoms with Crippen LogP contribution >= 0.6 is 0 Å². The van der Waals surface area contributed by atoms with Crippen molar-refractivity contribution in [1.29, 1.82) is 0 Å². The number of carbonyl (C=O) groups excluding carboxylic acids is 4. The largest absolute Gasteiger partial charge is 0.573 e. The number of halogens is 3. The number of Topliss-reactive ketones (excluding diaryl/α,β-unsaturated/α-hetero) is 3. The number of phenols is 1. The van der Waals surface area contributed by atoms with Gasteiger partial charge in [-0.1, -0.05) is 12.1 Å². The molecule has 0 unspecified atom stereocenters. The lowest BCUT2D eigenvalue weighted by Crippen LogP contribution is -2.65. The predicted molar refractivity (Wildman–Crippen MR) is 169 cm³/mol. The van der Waals surface area contributed by atoms with E-state index < -0.39 is 75.9 Å². The summed E-state index contributed by atoms with van der Waals surface area (Å²) in [5.41, 5.74) is 3.05. The summed E-state index contributed by atoms with van der Waals surface area (Å²) in [5.74, 6) is -8.22. The van der Waals surface area contributed by atoms with Gasteiger partial charge in [-0.25, -0.2) is 0 Å². The molecule has 15 heteroatoms. The van der Waals surface area contributed by atoms with Gasteiger partial charge >= 0.3 is 6.36 Å². The molecule has 0 saturated heterocycles. The molecule has 0 bridgehead atoms. The Morgan fingerprint density at radius 1 is 1.06 bits per heavy atom. The minimum atomic E-state index is -4.85. The second-order valence-corrected chi connectivity index (χ2v) is 13.0. The number of anilines is 1. The Kier molecular flexibility index (Phi) is 9.06. The molecule has 0 spiro atoms. The number of hydrogen-bond acceptors (Lipinski definition) is 11. The van der Waals surface area contributed by atoms with E-state index >= 15 is 0 Å². The number of aliphatic hydroxyl groups is 3. The van der Waals surface area contributed by atoms with Gasteiger partial charge in [-0.2, -0.15) is 0 Å². The van der Waals surface area contributed by atoms with Gasteiger partial charge < -0.3 is 35.8 Å². The van der Waals surface area contributed by atoms with Crippen LogP contribution in [0, 0.1) is 11.8 Å². The summed E-state index contributed by atoms with van der Waals surface area (Å²) in [5, 5.41) is 46.0. The number of carbonyl (C=O) groups is 4. The van der Waals surface area contributed by atoms with Crippen molar-refractivity contribution >= 4 is 34.7 Å². The van der Waals surface area contributed by atoms with Crippen molar-refractivity contribution in [3.63, 3.8) is 0 Å². The smallest absolute Gasteiger partial charge is 0.508 e. The molecule has 4 atom stereocenters. The van der Waals surface area contributed by atoms with Gasteiger partial charge in [0, 0.05) is 44.1 Å². The van der Waals surface area contributed by atoms with E-state index in [9.17, 15) is 52.8 Å². The molecule has 3 aliphatic rings. The highest BCUT2D eigenvalue weighted by molar-refractivity contribution is 6.24. The molecule has 1 amide bonds. The van der Waals surface area contributed by atoms with Crippen molar-refractivity contribution in [3.8, 4) is 11.5 Å². The van der Waals surface area contributed by atoms with Crippen LogP contribution in [-0.4, -0.2) is 94.8 Å². The number of alkyl halides is 3. The molecule has 3 aliphatic carbocycles. The molecule has 262 valence electrons. The lowest BCUT2D eigenvalue weighted by molar-refractivity contribution is -0.274. The molecule has 5 rings (SSSR count). The minimum Gasteiger partial charge on any atom is -0.508 e. The molecule has 1 fully saturated rings. The summed E-state index contributed by atoms with van der Waals surface area (Å²) in [4.78, 5) is 55.7. The van der Waals surface area contributed by atoms with Crippen LogP contribution < -0.4 is 15.4 Å². The number of hydrogen-bond donors (Lipinski definition) is 5. The maximum Gasteiger partial charge on any atom is 0.573 e. The normalized spacial score (nSPS) is 23.7. The van der Waals surface area contributed by atoms with Crippen molar-refractivity contribution < 1.29 is 57.5 Å². The first-order valence-corrected chi connectivity index (χ1v) is 15.3. The SMILES string of the molecule is CN(C)c1cc(CCC(=O)Cc2ccc(OC(F)(F)F)cc2)c(O)c2c1C[C@H]1C[C@H]3[C@H](N(C)C)C(=O)C(C(N)=O)=C(O)[C@@]3(O)C(=O)C1=C2O. The van der Waals surface area contributed by atoms with Crippen LogP contribution in [-0.2, 0) is 38.4 Å². The van der Waals surface area contributed by atoms with E-state index in [0.29, 0.717) is 16.8 Å². The van der Waals surface area contributed by atoms with E-state index in [0.717, 1.165) is 12.1 Å². The Balaban J connectivity index is 1.49. The maximum absolute atomic E-state index is 14.1. The van der Waals surface area contributed by atoms with E-state index in [-0.39, 0.29) is 54.6 Å². The average Bonchev–Trinajstić information content (AvgIpc) is 2.98. The van der Waals surface area contributed by atoms with Crippen molar-refractivity contribution in [2.45, 2.75) is 50.1 Å². The molecule has 0 aliphatic heterocycles. The van der Waals surface area contributed by atoms with Gasteiger partial charge in [0.2, 0.25) is 5.78 Å². The molecule has 2 aromatic carbocycles. The third-order valence-corrected chi connectivity index (χ3v) is 9.49. The fourth-order valence-electron chi connectivity index (χ4n) is 7.33. The van der Waals surface area contributed by atoms with E-state index in [1.54, 1.807) is 25.1 Å². The number of aromatic hydroxyl groups is 1. The fourth-order valence-corrected chi connectivity index (χ4v) is 7.33. The second kappa shape index (κ2) is 12.5. The van der Waals surface area contributed by atoms with Crippen LogP contribution in [0.1, 0.15) is 35.1 Å². The Labute approximate surface area is 278 Å². The summed E-state index contributed by atoms with van der Waals surface area (Å²) in [7, 11) is 6.49. The summed E-state index contributed by atoms with van der Waals surface area (Å²) >= 11 is 0. The molecular weight excluding hydrogens is 651 g/mol. The van der Waals surface area contributed by atoms with Crippen LogP contribution in [0.15, 0.2) is 47.2 Å². The molecule has 12 nitrogen and oxygen atoms in total. The van der Waals surface area contributed by atoms with E-state index in [2.05, 4.69) is 4.74 Å². The summed E-state index contributed by atoms with van der Waals surface area (Å²) in [6.07, 6.45) is -5.00. The molecule has 1 saturated carbocycles. The van der Waals surface area contributed by atoms with Gasteiger partial charge in [0.15, 0.2) is 11.4 Å². The number of phenolic OH excluding ortho intramolecular Hbond substituents is 1. The summed E-state index contributed by atoms with van der Waals surface area (Å²) in [6.45, 7) is 0. The third kappa shape index (κ3) is 6.12. The van der Waals surface area contributed by atoms with Gasteiger partial charge in [0.05, 0.1) is 11.6 Å². The topological polar surface area (TPSA) is 191 Å². The van der Waals surface area contributed by atoms with Gasteiger partial charge in [-0.05, 0) is 74.2 Å². The first-order valence-electron chi connectivity index (χ1n) is 15.3. The van der Waals surface area contributed by atoms with E-state index in [1.165, 1.54) is 31.1 Å². The highest BCUT2D eigenvalue weighted by Gasteiger charge is 2.64. The number of rotatable bonds is 9. The Morgan fingerprint density at radius 2 is 1.69 bits per heavy atom. The summed E-state index contributed by atoms with van der Waals surface area (Å²) in [6, 6.07) is 5.32. The molecular formula is C34H36F3N3O9. The Hall–Kier alpha value is -4.89. The van der Waals surface area contributed by atoms with Crippen molar-refractivity contribution in [3.05, 3.63) is 69.5 Å². The number of amides is 1. The second-order valence-electron chi connectivity index (χ2n) is 13.0. The molecule has 49 heavy (non-hydrogen) atoms. The number of aryl methyl sites for hydroxylation is 1. The number of aliphatic hydroxyl groups excluding tert-OH is 2. The lowest BCUT2D eigenvalue weighted by atomic mass is 9.57. The first kappa shape index (κ1) is 35.4. The zero-order valence-corrected chi connectivity index (χ0v) is 27.1. The van der Waals surface area contributed by atoms with Crippen molar-refractivity contribution in [2.24, 2.45) is 17.6 Å². The molecule has 0 aromatic heterocycles. The van der Waals surface area contributed by atoms with E-state index in [4.69, 9.17) is 5.73 Å². The Morgan fingerprint density at radius 3 is 2.24 bits per heavy atom. The van der Waals surface area contributed by atoms with Gasteiger partial charge in [-0.15, -0.1) is 13.2 Å². The zero-order chi connectivity index (χ0) is 36.3. The lowest BCUT2D eigenvalue weighted by Gasteiger charge is -2.50. The molecule has 2 aromatic rings. The molecule has 6 N–H and O–H groups in total. The number of fused-ring (bicyclic) bond motifs is 3.